The number of rotatable bonds is 25. The first-order valence-electron chi connectivity index (χ1n) is 17.4. The molecule has 42 heavy (non-hydrogen) atoms. The number of unbranched alkanes of at least 4 members (excludes halogenated alkanes) is 18. The Bertz CT molecular complexity index is 907. The van der Waals surface area contributed by atoms with E-state index in [0.717, 1.165) is 13.7 Å². The molecule has 0 aliphatic carbocycles. The third-order valence-electron chi connectivity index (χ3n) is 9.12. The maximum absolute atomic E-state index is 3.55. The fourth-order valence-electron chi connectivity index (χ4n) is 6.69. The Balaban J connectivity index is 1.26. The van der Waals surface area contributed by atoms with Crippen LogP contribution in [0.1, 0.15) is 145 Å². The van der Waals surface area contributed by atoms with Gasteiger partial charge in [0.05, 0.1) is 0 Å². The first-order valence-corrected chi connectivity index (χ1v) is 20.8. The van der Waals surface area contributed by atoms with Crippen molar-refractivity contribution in [2.45, 2.75) is 134 Å². The van der Waals surface area contributed by atoms with Crippen molar-refractivity contribution in [2.24, 2.45) is 0 Å². The predicted molar refractivity (Wildman–Crippen MR) is 194 cm³/mol. The summed E-state index contributed by atoms with van der Waals surface area (Å²) in [5, 5.41) is 0. The highest BCUT2D eigenvalue weighted by atomic mass is 79.9. The first-order chi connectivity index (χ1) is 20.9. The summed E-state index contributed by atoms with van der Waals surface area (Å²) < 4.78 is 0. The van der Waals surface area contributed by atoms with E-state index < -0.39 is 0 Å². The van der Waals surface area contributed by atoms with Crippen molar-refractivity contribution in [1.29, 1.82) is 0 Å². The molecule has 0 spiro atoms. The van der Waals surface area contributed by atoms with Crippen LogP contribution in [0.2, 0.25) is 0 Å². The normalized spacial score (nSPS) is 11.9. The molecule has 0 amide bonds. The highest BCUT2D eigenvalue weighted by molar-refractivity contribution is 9.36. The summed E-state index contributed by atoms with van der Waals surface area (Å²) in [6, 6.07) is 33.6. The van der Waals surface area contributed by atoms with E-state index in [2.05, 4.69) is 106 Å². The Morgan fingerprint density at radius 3 is 0.905 bits per heavy atom. The van der Waals surface area contributed by atoms with Crippen LogP contribution >= 0.6 is 22.8 Å². The largest absolute Gasteiger partial charge is 0.0642 e. The molecule has 2 heteroatoms. The molecule has 0 saturated carbocycles. The lowest BCUT2D eigenvalue weighted by Crippen LogP contribution is -2.29. The summed E-state index contributed by atoms with van der Waals surface area (Å²) in [4.78, 5) is 0. The SMILES string of the molecule is BrPCCCCCCCCCCCCCCCCCCCCCC(c1ccccc1)(c1ccccc1)c1ccccc1. The monoisotopic (exact) mass is 648 g/mol. The van der Waals surface area contributed by atoms with Crippen molar-refractivity contribution in [3.63, 3.8) is 0 Å². The second-order valence-corrected chi connectivity index (χ2v) is 14.8. The van der Waals surface area contributed by atoms with Gasteiger partial charge in [0.15, 0.2) is 0 Å². The number of hydrogen-bond donors (Lipinski definition) is 0. The second-order valence-electron chi connectivity index (χ2n) is 12.4. The average Bonchev–Trinajstić information content (AvgIpc) is 3.05. The topological polar surface area (TPSA) is 0 Å². The van der Waals surface area contributed by atoms with Crippen molar-refractivity contribution in [3.05, 3.63) is 108 Å². The summed E-state index contributed by atoms with van der Waals surface area (Å²) in [5.41, 5.74) is 4.15. The minimum absolute atomic E-state index is 0.0867. The maximum Gasteiger partial charge on any atom is 0.0451 e. The summed E-state index contributed by atoms with van der Waals surface area (Å²) in [5.74, 6) is 0. The minimum atomic E-state index is -0.0867. The fraction of sp³-hybridized carbons (Fsp3) is 0.550. The van der Waals surface area contributed by atoms with E-state index in [1.165, 1.54) is 145 Å². The van der Waals surface area contributed by atoms with E-state index in [4.69, 9.17) is 0 Å². The van der Waals surface area contributed by atoms with Gasteiger partial charge in [-0.25, -0.2) is 0 Å². The predicted octanol–water partition coefficient (Wildman–Crippen LogP) is 13.8. The molecule has 3 aromatic carbocycles. The van der Waals surface area contributed by atoms with Gasteiger partial charge in [0.1, 0.15) is 0 Å². The lowest BCUT2D eigenvalue weighted by molar-refractivity contribution is 0.490. The zero-order valence-corrected chi connectivity index (χ0v) is 29.0. The summed E-state index contributed by atoms with van der Waals surface area (Å²) >= 11 is 3.55. The standard InChI is InChI=1S/C40H58BrP/c41-42-36-28-17-15-13-11-9-7-5-3-1-2-4-6-8-10-12-14-16-27-35-40(37-29-21-18-22-30-37,38-31-23-19-24-32-38)39-33-25-20-26-34-39/h18-26,29-34,42H,1-17,27-28,35-36H2. The van der Waals surface area contributed by atoms with Crippen molar-refractivity contribution in [1.82, 2.24) is 0 Å². The van der Waals surface area contributed by atoms with E-state index in [0.29, 0.717) is 0 Å². The second kappa shape index (κ2) is 23.0. The first kappa shape index (κ1) is 35.1. The molecular formula is C40H58BrP. The van der Waals surface area contributed by atoms with Crippen LogP contribution in [0.4, 0.5) is 0 Å². The molecule has 0 aliphatic rings. The third kappa shape index (κ3) is 13.1. The summed E-state index contributed by atoms with van der Waals surface area (Å²) in [6.45, 7) is 0. The van der Waals surface area contributed by atoms with Gasteiger partial charge in [0.2, 0.25) is 0 Å². The third-order valence-corrected chi connectivity index (χ3v) is 10.9. The van der Waals surface area contributed by atoms with Crippen LogP contribution in [-0.4, -0.2) is 6.16 Å². The van der Waals surface area contributed by atoms with Crippen LogP contribution in [0, 0.1) is 0 Å². The van der Waals surface area contributed by atoms with Gasteiger partial charge in [-0.05, 0) is 35.7 Å². The smallest absolute Gasteiger partial charge is 0.0451 e. The van der Waals surface area contributed by atoms with Crippen molar-refractivity contribution < 1.29 is 0 Å². The molecule has 0 fully saturated rings. The van der Waals surface area contributed by atoms with Gasteiger partial charge in [-0.2, -0.15) is 0 Å². The van der Waals surface area contributed by atoms with Gasteiger partial charge in [-0.3, -0.25) is 0 Å². The van der Waals surface area contributed by atoms with Crippen molar-refractivity contribution in [2.75, 3.05) is 6.16 Å². The summed E-state index contributed by atoms with van der Waals surface area (Å²) in [7, 11) is 0.967. The lowest BCUT2D eigenvalue weighted by atomic mass is 9.66. The van der Waals surface area contributed by atoms with Gasteiger partial charge in [-0.1, -0.05) is 229 Å². The zero-order valence-electron chi connectivity index (χ0n) is 26.4. The van der Waals surface area contributed by atoms with Crippen LogP contribution in [0.5, 0.6) is 0 Å². The molecule has 0 nitrogen and oxygen atoms in total. The lowest BCUT2D eigenvalue weighted by Gasteiger charge is -2.36. The van der Waals surface area contributed by atoms with Gasteiger partial charge >= 0.3 is 0 Å². The molecule has 230 valence electrons. The molecule has 0 aromatic heterocycles. The number of benzene rings is 3. The average molecular weight is 650 g/mol. The molecule has 3 aromatic rings. The highest BCUT2D eigenvalue weighted by Crippen LogP contribution is 2.43. The zero-order chi connectivity index (χ0) is 29.4. The van der Waals surface area contributed by atoms with E-state index >= 15 is 0 Å². The molecule has 0 saturated heterocycles. The summed E-state index contributed by atoms with van der Waals surface area (Å²) in [6.07, 6.45) is 29.6. The molecular weight excluding hydrogens is 591 g/mol. The number of hydrogen-bond acceptors (Lipinski definition) is 0. The molecule has 0 radical (unpaired) electrons. The number of halogens is 1. The van der Waals surface area contributed by atoms with Crippen molar-refractivity contribution in [3.8, 4) is 0 Å². The van der Waals surface area contributed by atoms with Crippen LogP contribution in [0.15, 0.2) is 91.0 Å². The Hall–Kier alpha value is -1.43. The molecule has 3 rings (SSSR count). The Kier molecular flexibility index (Phi) is 19.2. The van der Waals surface area contributed by atoms with E-state index in [1.807, 2.05) is 0 Å². The minimum Gasteiger partial charge on any atom is -0.0642 e. The van der Waals surface area contributed by atoms with Gasteiger partial charge in [0.25, 0.3) is 0 Å². The Morgan fingerprint density at radius 2 is 0.619 bits per heavy atom. The Labute approximate surface area is 269 Å². The highest BCUT2D eigenvalue weighted by Gasteiger charge is 2.35. The Morgan fingerprint density at radius 1 is 0.357 bits per heavy atom. The molecule has 0 bridgehead atoms. The fourth-order valence-corrected chi connectivity index (χ4v) is 7.91. The van der Waals surface area contributed by atoms with E-state index in [-0.39, 0.29) is 5.41 Å². The van der Waals surface area contributed by atoms with Crippen molar-refractivity contribution >= 4 is 22.8 Å². The molecule has 0 aliphatic heterocycles. The van der Waals surface area contributed by atoms with E-state index in [1.54, 1.807) is 0 Å². The quantitative estimate of drug-likeness (QED) is 0.0487. The maximum atomic E-state index is 3.55. The van der Waals surface area contributed by atoms with Gasteiger partial charge < -0.3 is 0 Å². The molecule has 0 heterocycles. The van der Waals surface area contributed by atoms with Crippen LogP contribution < -0.4 is 0 Å². The van der Waals surface area contributed by atoms with Crippen LogP contribution in [0.3, 0.4) is 0 Å². The van der Waals surface area contributed by atoms with Crippen LogP contribution in [0.25, 0.3) is 0 Å². The molecule has 0 N–H and O–H groups in total. The van der Waals surface area contributed by atoms with Gasteiger partial charge in [-0.15, -0.1) is 0 Å². The molecule has 1 atom stereocenters. The van der Waals surface area contributed by atoms with Crippen LogP contribution in [-0.2, 0) is 5.41 Å². The van der Waals surface area contributed by atoms with E-state index in [9.17, 15) is 0 Å². The van der Waals surface area contributed by atoms with Gasteiger partial charge in [0, 0.05) is 5.41 Å². The molecule has 1 unspecified atom stereocenters.